The quantitative estimate of drug-likeness (QED) is 0.215. The molecular formula is C26H24N4O3S. The van der Waals surface area contributed by atoms with Crippen molar-refractivity contribution >= 4 is 33.8 Å². The highest BCUT2D eigenvalue weighted by Gasteiger charge is 2.16. The summed E-state index contributed by atoms with van der Waals surface area (Å²) >= 11 is 1.28. The van der Waals surface area contributed by atoms with Crippen LogP contribution in [0.4, 0.5) is 14.9 Å². The van der Waals surface area contributed by atoms with Gasteiger partial charge < -0.3 is 9.47 Å². The molecule has 2 N–H and O–H groups in total. The van der Waals surface area contributed by atoms with Crippen molar-refractivity contribution in [1.82, 2.24) is 4.98 Å². The molecule has 1 amide bonds. The van der Waals surface area contributed by atoms with E-state index in [1.807, 2.05) is 85.8 Å². The third-order valence-electron chi connectivity index (χ3n) is 4.65. The number of benzene rings is 3. The minimum absolute atomic E-state index is 0.285. The summed E-state index contributed by atoms with van der Waals surface area (Å²) in [5.41, 5.74) is 6.49. The number of carbonyl (C=O) groups is 1. The summed E-state index contributed by atoms with van der Waals surface area (Å²) in [6.45, 7) is 4.06. The van der Waals surface area contributed by atoms with Gasteiger partial charge in [-0.05, 0) is 43.7 Å². The maximum absolute atomic E-state index is 12.0. The van der Waals surface area contributed by atoms with E-state index in [0.29, 0.717) is 21.6 Å². The first-order chi connectivity index (χ1) is 16.6. The Balaban J connectivity index is 1.49. The van der Waals surface area contributed by atoms with Crippen molar-refractivity contribution in [2.75, 3.05) is 17.3 Å². The predicted octanol–water partition coefficient (Wildman–Crippen LogP) is 6.93. The van der Waals surface area contributed by atoms with Gasteiger partial charge in [0.05, 0.1) is 12.8 Å². The molecule has 0 atom stereocenters. The van der Waals surface area contributed by atoms with Crippen LogP contribution in [0.3, 0.4) is 0 Å². The first kappa shape index (κ1) is 23.0. The third-order valence-corrected chi connectivity index (χ3v) is 5.53. The van der Waals surface area contributed by atoms with Crippen molar-refractivity contribution in [2.45, 2.75) is 13.8 Å². The van der Waals surface area contributed by atoms with E-state index in [9.17, 15) is 4.79 Å². The SMILES string of the molecule is CCOC(=O)Nc1sc(N/N=C/c2cccc(Oc3ccccc3)c2)nc1-c1ccc(C)cc1. The molecule has 0 aliphatic rings. The van der Waals surface area contributed by atoms with Crippen LogP contribution in [0.1, 0.15) is 18.1 Å². The molecule has 0 aliphatic heterocycles. The standard InChI is InChI=1S/C26H24N4O3S/c1-3-32-26(31)29-24-23(20-14-12-18(2)13-15-20)28-25(34-24)30-27-17-19-8-7-11-22(16-19)33-21-9-5-4-6-10-21/h4-17H,3H2,1-2H3,(H,28,30)(H,29,31)/b27-17+. The van der Waals surface area contributed by atoms with Gasteiger partial charge in [0.2, 0.25) is 5.13 Å². The monoisotopic (exact) mass is 472 g/mol. The van der Waals surface area contributed by atoms with Crippen LogP contribution in [0.5, 0.6) is 11.5 Å². The number of para-hydroxylation sites is 1. The lowest BCUT2D eigenvalue weighted by molar-refractivity contribution is 0.168. The highest BCUT2D eigenvalue weighted by Crippen LogP contribution is 2.36. The number of nitrogens with zero attached hydrogens (tertiary/aromatic N) is 2. The number of aromatic nitrogens is 1. The molecule has 172 valence electrons. The largest absolute Gasteiger partial charge is 0.457 e. The van der Waals surface area contributed by atoms with E-state index >= 15 is 0 Å². The summed E-state index contributed by atoms with van der Waals surface area (Å²) in [6.07, 6.45) is 1.16. The van der Waals surface area contributed by atoms with E-state index in [-0.39, 0.29) is 6.61 Å². The predicted molar refractivity (Wildman–Crippen MR) is 137 cm³/mol. The van der Waals surface area contributed by atoms with Crippen molar-refractivity contribution in [3.05, 3.63) is 90.0 Å². The molecule has 8 heteroatoms. The first-order valence-corrected chi connectivity index (χ1v) is 11.6. The van der Waals surface area contributed by atoms with Gasteiger partial charge in [0, 0.05) is 5.56 Å². The van der Waals surface area contributed by atoms with Crippen molar-refractivity contribution in [3.8, 4) is 22.8 Å². The summed E-state index contributed by atoms with van der Waals surface area (Å²) in [7, 11) is 0. The lowest BCUT2D eigenvalue weighted by atomic mass is 10.1. The second-order valence-corrected chi connectivity index (χ2v) is 8.26. The Morgan fingerprint density at radius 3 is 2.56 bits per heavy atom. The van der Waals surface area contributed by atoms with Crippen LogP contribution in [-0.2, 0) is 4.74 Å². The molecule has 0 aliphatic carbocycles. The van der Waals surface area contributed by atoms with E-state index in [0.717, 1.165) is 22.4 Å². The average molecular weight is 473 g/mol. The molecular weight excluding hydrogens is 448 g/mol. The number of hydrogen-bond donors (Lipinski definition) is 2. The van der Waals surface area contributed by atoms with Crippen molar-refractivity contribution in [3.63, 3.8) is 0 Å². The number of hydrazone groups is 1. The van der Waals surface area contributed by atoms with E-state index < -0.39 is 6.09 Å². The Morgan fingerprint density at radius 1 is 1.03 bits per heavy atom. The number of nitrogens with one attached hydrogen (secondary N) is 2. The van der Waals surface area contributed by atoms with Gasteiger partial charge in [0.25, 0.3) is 0 Å². The van der Waals surface area contributed by atoms with Gasteiger partial charge in [0.1, 0.15) is 22.2 Å². The van der Waals surface area contributed by atoms with Crippen LogP contribution >= 0.6 is 11.3 Å². The minimum atomic E-state index is -0.523. The maximum Gasteiger partial charge on any atom is 0.412 e. The Labute approximate surface area is 202 Å². The van der Waals surface area contributed by atoms with Crippen molar-refractivity contribution in [2.24, 2.45) is 5.10 Å². The topological polar surface area (TPSA) is 84.8 Å². The summed E-state index contributed by atoms with van der Waals surface area (Å²) in [4.78, 5) is 16.6. The van der Waals surface area contributed by atoms with E-state index in [4.69, 9.17) is 9.47 Å². The fourth-order valence-corrected chi connectivity index (χ4v) is 3.89. The number of amides is 1. The van der Waals surface area contributed by atoms with Gasteiger partial charge in [-0.2, -0.15) is 5.10 Å². The summed E-state index contributed by atoms with van der Waals surface area (Å²) in [5, 5.41) is 8.20. The van der Waals surface area contributed by atoms with Crippen molar-refractivity contribution < 1.29 is 14.3 Å². The van der Waals surface area contributed by atoms with Gasteiger partial charge in [-0.15, -0.1) is 0 Å². The molecule has 1 heterocycles. The van der Waals surface area contributed by atoms with Crippen molar-refractivity contribution in [1.29, 1.82) is 0 Å². The molecule has 7 nitrogen and oxygen atoms in total. The zero-order valence-electron chi connectivity index (χ0n) is 18.8. The number of rotatable bonds is 8. The van der Waals surface area contributed by atoms with Gasteiger partial charge in [-0.3, -0.25) is 10.7 Å². The maximum atomic E-state index is 12.0. The fourth-order valence-electron chi connectivity index (χ4n) is 3.06. The zero-order valence-corrected chi connectivity index (χ0v) is 19.6. The summed E-state index contributed by atoms with van der Waals surface area (Å²) in [6, 6.07) is 25.1. The lowest BCUT2D eigenvalue weighted by Gasteiger charge is -2.05. The average Bonchev–Trinajstić information content (AvgIpc) is 3.23. The Bertz CT molecular complexity index is 1270. The normalized spacial score (nSPS) is 10.8. The lowest BCUT2D eigenvalue weighted by Crippen LogP contribution is -2.12. The molecule has 0 radical (unpaired) electrons. The molecule has 0 fully saturated rings. The molecule has 4 rings (SSSR count). The number of aryl methyl sites for hydroxylation is 1. The molecule has 0 spiro atoms. The molecule has 0 unspecified atom stereocenters. The summed E-state index contributed by atoms with van der Waals surface area (Å²) in [5.74, 6) is 1.48. The van der Waals surface area contributed by atoms with E-state index in [1.165, 1.54) is 11.3 Å². The molecule has 4 aromatic rings. The smallest absolute Gasteiger partial charge is 0.412 e. The number of carbonyl (C=O) groups excluding carboxylic acids is 1. The third kappa shape index (κ3) is 6.20. The Morgan fingerprint density at radius 2 is 1.79 bits per heavy atom. The number of hydrogen-bond acceptors (Lipinski definition) is 7. The van der Waals surface area contributed by atoms with Crippen LogP contribution in [0.15, 0.2) is 84.0 Å². The van der Waals surface area contributed by atoms with Crippen LogP contribution < -0.4 is 15.5 Å². The minimum Gasteiger partial charge on any atom is -0.457 e. The number of thiazole rings is 1. The Hall–Kier alpha value is -4.17. The second-order valence-electron chi connectivity index (χ2n) is 7.27. The molecule has 0 saturated heterocycles. The second kappa shape index (κ2) is 11.1. The Kier molecular flexibility index (Phi) is 7.52. The fraction of sp³-hybridized carbons (Fsp3) is 0.115. The number of ether oxygens (including phenoxy) is 2. The van der Waals surface area contributed by atoms with Crippen LogP contribution in [0.2, 0.25) is 0 Å². The van der Waals surface area contributed by atoms with Crippen LogP contribution in [0, 0.1) is 6.92 Å². The number of anilines is 2. The molecule has 34 heavy (non-hydrogen) atoms. The molecule has 0 bridgehead atoms. The van der Waals surface area contributed by atoms with Crippen LogP contribution in [0.25, 0.3) is 11.3 Å². The van der Waals surface area contributed by atoms with E-state index in [2.05, 4.69) is 20.8 Å². The van der Waals surface area contributed by atoms with Gasteiger partial charge in [-0.1, -0.05) is 71.5 Å². The van der Waals surface area contributed by atoms with Gasteiger partial charge in [-0.25, -0.2) is 9.78 Å². The van der Waals surface area contributed by atoms with Gasteiger partial charge >= 0.3 is 6.09 Å². The van der Waals surface area contributed by atoms with E-state index in [1.54, 1.807) is 13.1 Å². The highest BCUT2D eigenvalue weighted by molar-refractivity contribution is 7.20. The molecule has 1 aromatic heterocycles. The molecule has 0 saturated carbocycles. The van der Waals surface area contributed by atoms with Crippen LogP contribution in [-0.4, -0.2) is 23.9 Å². The summed E-state index contributed by atoms with van der Waals surface area (Å²) < 4.78 is 10.9. The highest BCUT2D eigenvalue weighted by atomic mass is 32.1. The zero-order chi connectivity index (χ0) is 23.8. The van der Waals surface area contributed by atoms with Gasteiger partial charge in [0.15, 0.2) is 0 Å². The molecule has 3 aromatic carbocycles. The first-order valence-electron chi connectivity index (χ1n) is 10.7.